The molecule has 1 rings (SSSR count). The van der Waals surface area contributed by atoms with E-state index in [9.17, 15) is 4.79 Å². The van der Waals surface area contributed by atoms with Crippen LogP contribution < -0.4 is 0 Å². The maximum atomic E-state index is 11.4. The SMILES string of the molecule is C=C1CCCCC1C(C)(OC(C)=O)C(C)(C)C. The molecule has 0 N–H and O–H groups in total. The molecule has 0 saturated heterocycles. The van der Waals surface area contributed by atoms with Crippen molar-refractivity contribution in [1.82, 2.24) is 0 Å². The van der Waals surface area contributed by atoms with Crippen molar-refractivity contribution < 1.29 is 9.53 Å². The van der Waals surface area contributed by atoms with Crippen LogP contribution in [0.15, 0.2) is 12.2 Å². The normalized spacial score (nSPS) is 25.2. The lowest BCUT2D eigenvalue weighted by molar-refractivity contribution is -0.176. The summed E-state index contributed by atoms with van der Waals surface area (Å²) in [6, 6.07) is 0. The van der Waals surface area contributed by atoms with Crippen LogP contribution in [-0.2, 0) is 9.53 Å². The molecule has 98 valence electrons. The van der Waals surface area contributed by atoms with Crippen LogP contribution in [0, 0.1) is 11.3 Å². The van der Waals surface area contributed by atoms with Gasteiger partial charge in [0.1, 0.15) is 5.60 Å². The quantitative estimate of drug-likeness (QED) is 0.535. The molecule has 0 aromatic rings. The van der Waals surface area contributed by atoms with Crippen molar-refractivity contribution in [3.05, 3.63) is 12.2 Å². The first-order valence-corrected chi connectivity index (χ1v) is 6.56. The fourth-order valence-corrected chi connectivity index (χ4v) is 2.79. The van der Waals surface area contributed by atoms with E-state index in [0.717, 1.165) is 12.8 Å². The van der Waals surface area contributed by atoms with Gasteiger partial charge in [-0.25, -0.2) is 0 Å². The first kappa shape index (κ1) is 14.3. The Morgan fingerprint density at radius 1 is 1.29 bits per heavy atom. The van der Waals surface area contributed by atoms with Crippen LogP contribution in [0.5, 0.6) is 0 Å². The summed E-state index contributed by atoms with van der Waals surface area (Å²) in [6.07, 6.45) is 4.57. The molecular weight excluding hydrogens is 212 g/mol. The van der Waals surface area contributed by atoms with Crippen molar-refractivity contribution >= 4 is 5.97 Å². The third-order valence-electron chi connectivity index (χ3n) is 4.24. The Hall–Kier alpha value is -0.790. The molecule has 17 heavy (non-hydrogen) atoms. The van der Waals surface area contributed by atoms with Crippen molar-refractivity contribution in [2.45, 2.75) is 65.9 Å². The summed E-state index contributed by atoms with van der Waals surface area (Å²) in [6.45, 7) is 14.2. The second-order valence-electron chi connectivity index (χ2n) is 6.41. The number of carbonyl (C=O) groups excluding carboxylic acids is 1. The highest BCUT2D eigenvalue weighted by Gasteiger charge is 2.48. The van der Waals surface area contributed by atoms with E-state index >= 15 is 0 Å². The molecule has 1 fully saturated rings. The van der Waals surface area contributed by atoms with Gasteiger partial charge in [-0.15, -0.1) is 0 Å². The summed E-state index contributed by atoms with van der Waals surface area (Å²) in [4.78, 5) is 11.4. The average Bonchev–Trinajstić information content (AvgIpc) is 2.15. The molecule has 0 spiro atoms. The van der Waals surface area contributed by atoms with Gasteiger partial charge in [-0.2, -0.15) is 0 Å². The summed E-state index contributed by atoms with van der Waals surface area (Å²) in [5, 5.41) is 0. The molecule has 2 heteroatoms. The predicted octanol–water partition coefficient (Wildman–Crippen LogP) is 4.10. The van der Waals surface area contributed by atoms with E-state index in [-0.39, 0.29) is 11.4 Å². The summed E-state index contributed by atoms with van der Waals surface area (Å²) in [5.41, 5.74) is 0.717. The Balaban J connectivity index is 3.04. The van der Waals surface area contributed by atoms with Gasteiger partial charge in [0.2, 0.25) is 0 Å². The highest BCUT2D eigenvalue weighted by Crippen LogP contribution is 2.47. The van der Waals surface area contributed by atoms with Gasteiger partial charge in [0, 0.05) is 18.3 Å². The molecule has 1 aliphatic carbocycles. The number of ether oxygens (including phenoxy) is 1. The van der Waals surface area contributed by atoms with E-state index in [0.29, 0.717) is 5.92 Å². The highest BCUT2D eigenvalue weighted by atomic mass is 16.6. The fraction of sp³-hybridized carbons (Fsp3) is 0.800. The fourth-order valence-electron chi connectivity index (χ4n) is 2.79. The Morgan fingerprint density at radius 3 is 2.29 bits per heavy atom. The number of rotatable bonds is 2. The van der Waals surface area contributed by atoms with Gasteiger partial charge in [-0.3, -0.25) is 4.79 Å². The van der Waals surface area contributed by atoms with Gasteiger partial charge in [0.25, 0.3) is 0 Å². The molecule has 0 aliphatic heterocycles. The van der Waals surface area contributed by atoms with Crippen LogP contribution in [0.3, 0.4) is 0 Å². The number of hydrogen-bond acceptors (Lipinski definition) is 2. The van der Waals surface area contributed by atoms with Crippen molar-refractivity contribution in [2.75, 3.05) is 0 Å². The number of esters is 1. The molecule has 2 atom stereocenters. The van der Waals surface area contributed by atoms with Crippen LogP contribution in [-0.4, -0.2) is 11.6 Å². The Morgan fingerprint density at radius 2 is 1.88 bits per heavy atom. The molecule has 0 amide bonds. The van der Waals surface area contributed by atoms with Crippen molar-refractivity contribution in [2.24, 2.45) is 11.3 Å². The maximum Gasteiger partial charge on any atom is 0.303 e. The van der Waals surface area contributed by atoms with Crippen LogP contribution in [0.1, 0.15) is 60.3 Å². The van der Waals surface area contributed by atoms with Crippen LogP contribution in [0.2, 0.25) is 0 Å². The van der Waals surface area contributed by atoms with Crippen LogP contribution in [0.4, 0.5) is 0 Å². The monoisotopic (exact) mass is 238 g/mol. The van der Waals surface area contributed by atoms with Crippen molar-refractivity contribution in [3.8, 4) is 0 Å². The maximum absolute atomic E-state index is 11.4. The summed E-state index contributed by atoms with van der Waals surface area (Å²) < 4.78 is 5.71. The molecule has 1 saturated carbocycles. The molecule has 0 aromatic carbocycles. The number of carbonyl (C=O) groups is 1. The Bertz CT molecular complexity index is 311. The molecular formula is C15H26O2. The standard InChI is InChI=1S/C15H26O2/c1-11-9-7-8-10-13(11)15(6,14(3,4)5)17-12(2)16/h13H,1,7-10H2,2-6H3. The molecule has 2 unspecified atom stereocenters. The summed E-state index contributed by atoms with van der Waals surface area (Å²) >= 11 is 0. The molecule has 1 aliphatic rings. The molecule has 0 heterocycles. The lowest BCUT2D eigenvalue weighted by atomic mass is 9.64. The second-order valence-corrected chi connectivity index (χ2v) is 6.41. The largest absolute Gasteiger partial charge is 0.458 e. The topological polar surface area (TPSA) is 26.3 Å². The number of hydrogen-bond donors (Lipinski definition) is 0. The van der Waals surface area contributed by atoms with Crippen molar-refractivity contribution in [1.29, 1.82) is 0 Å². The van der Waals surface area contributed by atoms with Gasteiger partial charge in [-0.1, -0.05) is 39.3 Å². The first-order valence-electron chi connectivity index (χ1n) is 6.56. The third kappa shape index (κ3) is 2.91. The first-order chi connectivity index (χ1) is 7.68. The van der Waals surface area contributed by atoms with E-state index in [1.807, 2.05) is 0 Å². The molecule has 0 aromatic heterocycles. The van der Waals surface area contributed by atoms with E-state index < -0.39 is 5.60 Å². The predicted molar refractivity (Wildman–Crippen MR) is 70.7 cm³/mol. The summed E-state index contributed by atoms with van der Waals surface area (Å²) in [5.74, 6) is 0.0981. The highest BCUT2D eigenvalue weighted by molar-refractivity contribution is 5.66. The lowest BCUT2D eigenvalue weighted by Crippen LogP contribution is -2.51. The van der Waals surface area contributed by atoms with Gasteiger partial charge in [-0.05, 0) is 26.2 Å². The van der Waals surface area contributed by atoms with Crippen LogP contribution >= 0.6 is 0 Å². The smallest absolute Gasteiger partial charge is 0.303 e. The Kier molecular flexibility index (Phi) is 4.06. The lowest BCUT2D eigenvalue weighted by Gasteiger charge is -2.48. The zero-order valence-electron chi connectivity index (χ0n) is 11.9. The van der Waals surface area contributed by atoms with Gasteiger partial charge in [0.05, 0.1) is 0 Å². The minimum Gasteiger partial charge on any atom is -0.458 e. The zero-order valence-corrected chi connectivity index (χ0v) is 11.9. The van der Waals surface area contributed by atoms with E-state index in [4.69, 9.17) is 4.74 Å². The van der Waals surface area contributed by atoms with E-state index in [1.54, 1.807) is 0 Å². The van der Waals surface area contributed by atoms with E-state index in [1.165, 1.54) is 25.3 Å². The molecule has 0 bridgehead atoms. The Labute approximate surface area is 105 Å². The molecule has 0 radical (unpaired) electrons. The van der Waals surface area contributed by atoms with Crippen molar-refractivity contribution in [3.63, 3.8) is 0 Å². The van der Waals surface area contributed by atoms with Crippen LogP contribution in [0.25, 0.3) is 0 Å². The average molecular weight is 238 g/mol. The zero-order chi connectivity index (χ0) is 13.3. The molecule has 2 nitrogen and oxygen atoms in total. The third-order valence-corrected chi connectivity index (χ3v) is 4.24. The minimum atomic E-state index is -0.448. The minimum absolute atomic E-state index is 0.0797. The summed E-state index contributed by atoms with van der Waals surface area (Å²) in [7, 11) is 0. The van der Waals surface area contributed by atoms with Gasteiger partial charge < -0.3 is 4.74 Å². The van der Waals surface area contributed by atoms with E-state index in [2.05, 4.69) is 34.3 Å². The van der Waals surface area contributed by atoms with Gasteiger partial charge in [0.15, 0.2) is 0 Å². The van der Waals surface area contributed by atoms with Gasteiger partial charge >= 0.3 is 5.97 Å². The second kappa shape index (κ2) is 4.83.